The number of hydrogen-bond acceptors (Lipinski definition) is 6. The van der Waals surface area contributed by atoms with Crippen molar-refractivity contribution in [1.82, 2.24) is 14.9 Å². The highest BCUT2D eigenvalue weighted by molar-refractivity contribution is 5.52. The van der Waals surface area contributed by atoms with E-state index >= 15 is 0 Å². The van der Waals surface area contributed by atoms with Gasteiger partial charge in [-0.3, -0.25) is 0 Å². The lowest BCUT2D eigenvalue weighted by Gasteiger charge is -2.36. The van der Waals surface area contributed by atoms with Gasteiger partial charge in [-0.15, -0.1) is 0 Å². The Morgan fingerprint density at radius 3 is 2.65 bits per heavy atom. The minimum absolute atomic E-state index is 0.192. The van der Waals surface area contributed by atoms with Crippen molar-refractivity contribution in [2.24, 2.45) is 0 Å². The van der Waals surface area contributed by atoms with Crippen LogP contribution >= 0.6 is 0 Å². The van der Waals surface area contributed by atoms with E-state index in [1.807, 2.05) is 0 Å². The van der Waals surface area contributed by atoms with Crippen molar-refractivity contribution in [3.05, 3.63) is 47.2 Å². The molecule has 0 bridgehead atoms. The predicted octanol–water partition coefficient (Wildman–Crippen LogP) is 1.88. The number of nitrogens with two attached hydrogens (primary N) is 1. The minimum Gasteiger partial charge on any atom is -0.373 e. The Bertz CT molecular complexity index is 743. The van der Waals surface area contributed by atoms with Crippen LogP contribution < -0.4 is 10.6 Å². The fourth-order valence-corrected chi connectivity index (χ4v) is 3.77. The van der Waals surface area contributed by atoms with Crippen molar-refractivity contribution in [2.75, 3.05) is 43.9 Å². The monoisotopic (exact) mass is 353 g/mol. The number of nitrogens with zero attached hydrogens (tertiary/aromatic N) is 4. The maximum atomic E-state index is 6.16. The largest absolute Gasteiger partial charge is 0.373 e. The highest BCUT2D eigenvalue weighted by Crippen LogP contribution is 2.30. The van der Waals surface area contributed by atoms with E-state index in [0.717, 1.165) is 62.5 Å². The van der Waals surface area contributed by atoms with Crippen LogP contribution in [0, 0.1) is 0 Å². The molecule has 1 aromatic heterocycles. The van der Waals surface area contributed by atoms with Crippen LogP contribution in [0.4, 0.5) is 11.8 Å². The molecule has 4 rings (SSSR count). The first-order valence-electron chi connectivity index (χ1n) is 9.43. The van der Waals surface area contributed by atoms with Gasteiger partial charge >= 0.3 is 0 Å². The zero-order valence-electron chi connectivity index (χ0n) is 15.4. The van der Waals surface area contributed by atoms with Gasteiger partial charge in [0.1, 0.15) is 5.82 Å². The standard InChI is InChI=1S/C20H27N5O/c1-24-9-11-25(12-10-24)19-17-14-26-16(13-18(17)22-20(21)23-19)8-7-15-5-3-2-4-6-15/h2-6,16H,7-14H2,1H3,(H2,21,22,23). The topological polar surface area (TPSA) is 67.5 Å². The number of likely N-dealkylation sites (N-methyl/N-ethyl adjacent to an activating group) is 1. The molecule has 0 spiro atoms. The van der Waals surface area contributed by atoms with E-state index in [2.05, 4.69) is 57.1 Å². The average molecular weight is 353 g/mol. The summed E-state index contributed by atoms with van der Waals surface area (Å²) in [6, 6.07) is 10.6. The molecule has 2 aliphatic heterocycles. The van der Waals surface area contributed by atoms with Crippen molar-refractivity contribution in [3.63, 3.8) is 0 Å². The molecule has 1 fully saturated rings. The average Bonchev–Trinajstić information content (AvgIpc) is 2.67. The number of piperazine rings is 1. The molecule has 0 aliphatic carbocycles. The normalized spacial score (nSPS) is 20.8. The number of aryl methyl sites for hydroxylation is 1. The molecule has 0 amide bonds. The number of ether oxygens (including phenoxy) is 1. The van der Waals surface area contributed by atoms with E-state index in [-0.39, 0.29) is 6.10 Å². The summed E-state index contributed by atoms with van der Waals surface area (Å²) in [6.45, 7) is 4.60. The number of fused-ring (bicyclic) bond motifs is 1. The number of aromatic nitrogens is 2. The van der Waals surface area contributed by atoms with Gasteiger partial charge in [-0.1, -0.05) is 30.3 Å². The first-order chi connectivity index (χ1) is 12.7. The molecule has 0 radical (unpaired) electrons. The van der Waals surface area contributed by atoms with Crippen molar-refractivity contribution in [3.8, 4) is 0 Å². The summed E-state index contributed by atoms with van der Waals surface area (Å²) < 4.78 is 6.16. The molecule has 0 saturated carbocycles. The SMILES string of the molecule is CN1CCN(c2nc(N)nc3c2COC(CCc2ccccc2)C3)CC1. The van der Waals surface area contributed by atoms with Crippen LogP contribution in [0.15, 0.2) is 30.3 Å². The Morgan fingerprint density at radius 1 is 1.12 bits per heavy atom. The lowest BCUT2D eigenvalue weighted by molar-refractivity contribution is 0.0222. The minimum atomic E-state index is 0.192. The van der Waals surface area contributed by atoms with E-state index in [4.69, 9.17) is 10.5 Å². The molecule has 2 aromatic rings. The molecular formula is C20H27N5O. The fraction of sp³-hybridized carbons (Fsp3) is 0.500. The summed E-state index contributed by atoms with van der Waals surface area (Å²) in [5.41, 5.74) is 9.57. The highest BCUT2D eigenvalue weighted by atomic mass is 16.5. The third-order valence-corrected chi connectivity index (χ3v) is 5.37. The summed E-state index contributed by atoms with van der Waals surface area (Å²) in [5, 5.41) is 0. The number of nitrogen functional groups attached to an aromatic ring is 1. The molecule has 1 atom stereocenters. The van der Waals surface area contributed by atoms with Gasteiger partial charge < -0.3 is 20.3 Å². The molecular weight excluding hydrogens is 326 g/mol. The second kappa shape index (κ2) is 7.60. The van der Waals surface area contributed by atoms with Gasteiger partial charge in [-0.25, -0.2) is 4.98 Å². The number of rotatable bonds is 4. The predicted molar refractivity (Wildman–Crippen MR) is 103 cm³/mol. The van der Waals surface area contributed by atoms with Gasteiger partial charge in [0.15, 0.2) is 0 Å². The maximum Gasteiger partial charge on any atom is 0.222 e. The van der Waals surface area contributed by atoms with Gasteiger partial charge in [-0.2, -0.15) is 4.98 Å². The van der Waals surface area contributed by atoms with E-state index in [9.17, 15) is 0 Å². The first-order valence-corrected chi connectivity index (χ1v) is 9.43. The van der Waals surface area contributed by atoms with E-state index in [1.54, 1.807) is 0 Å². The molecule has 6 heteroatoms. The molecule has 2 aliphatic rings. The lowest BCUT2D eigenvalue weighted by Crippen LogP contribution is -2.45. The van der Waals surface area contributed by atoms with E-state index in [1.165, 1.54) is 5.56 Å². The van der Waals surface area contributed by atoms with Crippen LogP contribution in [0.1, 0.15) is 23.2 Å². The van der Waals surface area contributed by atoms with Crippen LogP contribution in [0.3, 0.4) is 0 Å². The van der Waals surface area contributed by atoms with Gasteiger partial charge in [0.2, 0.25) is 5.95 Å². The summed E-state index contributed by atoms with van der Waals surface area (Å²) in [7, 11) is 2.15. The summed E-state index contributed by atoms with van der Waals surface area (Å²) in [4.78, 5) is 13.7. The van der Waals surface area contributed by atoms with Gasteiger partial charge in [0.05, 0.1) is 18.4 Å². The zero-order chi connectivity index (χ0) is 17.9. The second-order valence-electron chi connectivity index (χ2n) is 7.28. The molecule has 26 heavy (non-hydrogen) atoms. The van der Waals surface area contributed by atoms with Crippen molar-refractivity contribution in [1.29, 1.82) is 0 Å². The van der Waals surface area contributed by atoms with Gasteiger partial charge in [0, 0.05) is 38.2 Å². The van der Waals surface area contributed by atoms with Crippen molar-refractivity contribution < 1.29 is 4.74 Å². The van der Waals surface area contributed by atoms with Crippen molar-refractivity contribution in [2.45, 2.75) is 32.0 Å². The molecule has 6 nitrogen and oxygen atoms in total. The number of benzene rings is 1. The molecule has 1 unspecified atom stereocenters. The van der Waals surface area contributed by atoms with Crippen LogP contribution in [0.5, 0.6) is 0 Å². The molecule has 138 valence electrons. The smallest absolute Gasteiger partial charge is 0.222 e. The molecule has 1 saturated heterocycles. The Labute approximate surface area is 155 Å². The fourth-order valence-electron chi connectivity index (χ4n) is 3.77. The third-order valence-electron chi connectivity index (χ3n) is 5.37. The van der Waals surface area contributed by atoms with Crippen LogP contribution in [-0.2, 0) is 24.2 Å². The Kier molecular flexibility index (Phi) is 5.04. The summed E-state index contributed by atoms with van der Waals surface area (Å²) >= 11 is 0. The number of hydrogen-bond donors (Lipinski definition) is 1. The lowest BCUT2D eigenvalue weighted by atomic mass is 9.99. The quantitative estimate of drug-likeness (QED) is 0.905. The Hall–Kier alpha value is -2.18. The molecule has 2 N–H and O–H groups in total. The first kappa shape index (κ1) is 17.2. The maximum absolute atomic E-state index is 6.16. The van der Waals surface area contributed by atoms with Gasteiger partial charge in [-0.05, 0) is 25.5 Å². The zero-order valence-corrected chi connectivity index (χ0v) is 15.4. The van der Waals surface area contributed by atoms with Crippen LogP contribution in [-0.4, -0.2) is 54.2 Å². The highest BCUT2D eigenvalue weighted by Gasteiger charge is 2.27. The van der Waals surface area contributed by atoms with E-state index in [0.29, 0.717) is 12.6 Å². The van der Waals surface area contributed by atoms with Crippen LogP contribution in [0.25, 0.3) is 0 Å². The Balaban J connectivity index is 1.47. The van der Waals surface area contributed by atoms with E-state index < -0.39 is 0 Å². The molecule has 1 aromatic carbocycles. The Morgan fingerprint density at radius 2 is 1.88 bits per heavy atom. The number of anilines is 2. The second-order valence-corrected chi connectivity index (χ2v) is 7.28. The van der Waals surface area contributed by atoms with Crippen LogP contribution in [0.2, 0.25) is 0 Å². The van der Waals surface area contributed by atoms with Gasteiger partial charge in [0.25, 0.3) is 0 Å². The molecule has 3 heterocycles. The third kappa shape index (κ3) is 3.81. The van der Waals surface area contributed by atoms with Crippen molar-refractivity contribution >= 4 is 11.8 Å². The summed E-state index contributed by atoms with van der Waals surface area (Å²) in [5.74, 6) is 1.35. The summed E-state index contributed by atoms with van der Waals surface area (Å²) in [6.07, 6.45) is 3.02.